The SMILES string of the molecule is CC(C)(C)OC(=O)NC(CCC(=O)N1CC(NC(=O)OC(C)(C)C)C(NC(=O)OC(C)(C)C)C1)C(=O)O. The van der Waals surface area contributed by atoms with Crippen molar-refractivity contribution in [1.82, 2.24) is 20.9 Å². The zero-order valence-electron chi connectivity index (χ0n) is 23.2. The highest BCUT2D eigenvalue weighted by Crippen LogP contribution is 2.17. The molecule has 1 saturated heterocycles. The van der Waals surface area contributed by atoms with Crippen LogP contribution in [0.5, 0.6) is 0 Å². The summed E-state index contributed by atoms with van der Waals surface area (Å²) < 4.78 is 15.7. The van der Waals surface area contributed by atoms with E-state index in [2.05, 4.69) is 16.0 Å². The Balaban J connectivity index is 2.86. The average Bonchev–Trinajstić information content (AvgIpc) is 3.02. The van der Waals surface area contributed by atoms with Crippen LogP contribution in [0.15, 0.2) is 0 Å². The number of rotatable bonds is 7. The number of carbonyl (C=O) groups excluding carboxylic acids is 4. The van der Waals surface area contributed by atoms with Crippen molar-refractivity contribution in [3.05, 3.63) is 0 Å². The lowest BCUT2D eigenvalue weighted by atomic mass is 10.1. The van der Waals surface area contributed by atoms with E-state index in [4.69, 9.17) is 14.2 Å². The monoisotopic (exact) mass is 530 g/mol. The third-order valence-corrected chi connectivity index (χ3v) is 4.71. The summed E-state index contributed by atoms with van der Waals surface area (Å²) in [5.74, 6) is -1.73. The van der Waals surface area contributed by atoms with E-state index in [1.807, 2.05) is 0 Å². The maximum atomic E-state index is 12.9. The Hall–Kier alpha value is -3.25. The molecule has 3 atom stereocenters. The second-order valence-corrected chi connectivity index (χ2v) is 11.9. The summed E-state index contributed by atoms with van der Waals surface area (Å²) >= 11 is 0. The summed E-state index contributed by atoms with van der Waals surface area (Å²) in [6.45, 7) is 15.3. The Bertz CT molecular complexity index is 818. The maximum absolute atomic E-state index is 12.9. The molecule has 1 aliphatic heterocycles. The normalized spacial score (nSPS) is 18.9. The summed E-state index contributed by atoms with van der Waals surface area (Å²) in [6, 6.07) is -2.70. The molecule has 0 spiro atoms. The summed E-state index contributed by atoms with van der Waals surface area (Å²) in [6.07, 6.45) is -2.72. The fraction of sp³-hybridized carbons (Fsp3) is 0.792. The number of carboxylic acids is 1. The Labute approximate surface area is 217 Å². The van der Waals surface area contributed by atoms with Gasteiger partial charge < -0.3 is 40.2 Å². The average molecular weight is 531 g/mol. The van der Waals surface area contributed by atoms with Gasteiger partial charge in [-0.1, -0.05) is 0 Å². The van der Waals surface area contributed by atoms with E-state index < -0.39 is 65.1 Å². The first-order chi connectivity index (χ1) is 16.6. The Kier molecular flexibility index (Phi) is 10.6. The van der Waals surface area contributed by atoms with E-state index in [1.54, 1.807) is 62.3 Å². The van der Waals surface area contributed by atoms with E-state index in [0.717, 1.165) is 0 Å². The predicted molar refractivity (Wildman–Crippen MR) is 133 cm³/mol. The maximum Gasteiger partial charge on any atom is 0.408 e. The molecule has 13 heteroatoms. The number of hydrogen-bond acceptors (Lipinski definition) is 8. The number of hydrogen-bond donors (Lipinski definition) is 4. The van der Waals surface area contributed by atoms with Gasteiger partial charge in [-0.05, 0) is 68.7 Å². The van der Waals surface area contributed by atoms with Crippen LogP contribution in [0.1, 0.15) is 75.2 Å². The van der Waals surface area contributed by atoms with Gasteiger partial charge in [-0.2, -0.15) is 0 Å². The molecule has 212 valence electrons. The predicted octanol–water partition coefficient (Wildman–Crippen LogP) is 2.37. The fourth-order valence-electron chi connectivity index (χ4n) is 3.35. The lowest BCUT2D eigenvalue weighted by molar-refractivity contribution is -0.140. The molecule has 0 radical (unpaired) electrons. The highest BCUT2D eigenvalue weighted by Gasteiger charge is 2.39. The van der Waals surface area contributed by atoms with Crippen molar-refractivity contribution in [2.75, 3.05) is 13.1 Å². The molecule has 0 aliphatic carbocycles. The van der Waals surface area contributed by atoms with Gasteiger partial charge in [0.25, 0.3) is 0 Å². The van der Waals surface area contributed by atoms with Gasteiger partial charge in [0.1, 0.15) is 22.8 Å². The molecule has 1 heterocycles. The van der Waals surface area contributed by atoms with Crippen LogP contribution in [0.2, 0.25) is 0 Å². The van der Waals surface area contributed by atoms with Crippen LogP contribution in [-0.4, -0.2) is 88.2 Å². The molecule has 4 amide bonds. The van der Waals surface area contributed by atoms with Crippen molar-refractivity contribution < 1.29 is 43.3 Å². The zero-order chi connectivity index (χ0) is 28.8. The van der Waals surface area contributed by atoms with Gasteiger partial charge in [0.2, 0.25) is 5.91 Å². The van der Waals surface area contributed by atoms with Crippen molar-refractivity contribution in [2.24, 2.45) is 0 Å². The largest absolute Gasteiger partial charge is 0.480 e. The topological polar surface area (TPSA) is 173 Å². The van der Waals surface area contributed by atoms with Gasteiger partial charge in [0.05, 0.1) is 12.1 Å². The van der Waals surface area contributed by atoms with Crippen molar-refractivity contribution >= 4 is 30.2 Å². The van der Waals surface area contributed by atoms with Crippen LogP contribution >= 0.6 is 0 Å². The first-order valence-electron chi connectivity index (χ1n) is 12.1. The number of nitrogens with one attached hydrogen (secondary N) is 3. The van der Waals surface area contributed by atoms with E-state index in [0.29, 0.717) is 0 Å². The lowest BCUT2D eigenvalue weighted by Crippen LogP contribution is -2.52. The highest BCUT2D eigenvalue weighted by molar-refractivity contribution is 5.82. The third-order valence-electron chi connectivity index (χ3n) is 4.71. The Morgan fingerprint density at radius 1 is 0.757 bits per heavy atom. The number of aliphatic carboxylic acids is 1. The molecule has 1 aliphatic rings. The van der Waals surface area contributed by atoms with E-state index in [9.17, 15) is 29.1 Å². The van der Waals surface area contributed by atoms with Crippen molar-refractivity contribution in [3.8, 4) is 0 Å². The van der Waals surface area contributed by atoms with Crippen molar-refractivity contribution in [3.63, 3.8) is 0 Å². The lowest BCUT2D eigenvalue weighted by Gasteiger charge is -2.26. The van der Waals surface area contributed by atoms with E-state index >= 15 is 0 Å². The van der Waals surface area contributed by atoms with Gasteiger partial charge in [-0.15, -0.1) is 0 Å². The van der Waals surface area contributed by atoms with Gasteiger partial charge in [-0.3, -0.25) is 4.79 Å². The number of alkyl carbamates (subject to hydrolysis) is 3. The quantitative estimate of drug-likeness (QED) is 0.360. The van der Waals surface area contributed by atoms with Gasteiger partial charge in [-0.25, -0.2) is 19.2 Å². The molecule has 0 aromatic carbocycles. The first kappa shape index (κ1) is 31.8. The molecule has 0 bridgehead atoms. The number of amides is 4. The standard InChI is InChI=1S/C24H42N4O9/c1-22(2,3)35-19(32)25-14(18(30)31)10-11-17(29)28-12-15(26-20(33)36-23(4,5)6)16(13-28)27-21(34)37-24(7,8)9/h14-16H,10-13H2,1-9H3,(H,25,32)(H,26,33)(H,27,34)(H,30,31). The summed E-state index contributed by atoms with van der Waals surface area (Å²) in [7, 11) is 0. The van der Waals surface area contributed by atoms with E-state index in [-0.39, 0.29) is 25.9 Å². The summed E-state index contributed by atoms with van der Waals surface area (Å²) in [4.78, 5) is 62.6. The zero-order valence-corrected chi connectivity index (χ0v) is 23.2. The number of carbonyl (C=O) groups is 5. The highest BCUT2D eigenvalue weighted by atomic mass is 16.6. The molecule has 1 rings (SSSR count). The molecule has 1 fully saturated rings. The number of ether oxygens (including phenoxy) is 3. The van der Waals surface area contributed by atoms with Crippen molar-refractivity contribution in [2.45, 2.75) is 110 Å². The molecule has 37 heavy (non-hydrogen) atoms. The van der Waals surface area contributed by atoms with Crippen LogP contribution in [0.4, 0.5) is 14.4 Å². The Morgan fingerprint density at radius 3 is 1.49 bits per heavy atom. The van der Waals surface area contributed by atoms with Crippen LogP contribution in [0, 0.1) is 0 Å². The molecule has 0 aromatic rings. The second-order valence-electron chi connectivity index (χ2n) is 11.9. The third kappa shape index (κ3) is 13.0. The molecule has 0 aromatic heterocycles. The fourth-order valence-corrected chi connectivity index (χ4v) is 3.35. The number of nitrogens with zero attached hydrogens (tertiary/aromatic N) is 1. The van der Waals surface area contributed by atoms with Crippen LogP contribution in [0.3, 0.4) is 0 Å². The molecule has 3 unspecified atom stereocenters. The van der Waals surface area contributed by atoms with Crippen molar-refractivity contribution in [1.29, 1.82) is 0 Å². The number of likely N-dealkylation sites (tertiary alicyclic amines) is 1. The first-order valence-corrected chi connectivity index (χ1v) is 12.1. The summed E-state index contributed by atoms with van der Waals surface area (Å²) in [5.41, 5.74) is -2.32. The Morgan fingerprint density at radius 2 is 1.14 bits per heavy atom. The molecular weight excluding hydrogens is 488 g/mol. The molecule has 4 N–H and O–H groups in total. The number of carboxylic acid groups (broad SMARTS) is 1. The van der Waals surface area contributed by atoms with E-state index in [1.165, 1.54) is 4.90 Å². The summed E-state index contributed by atoms with van der Waals surface area (Å²) in [5, 5.41) is 17.1. The van der Waals surface area contributed by atoms with Gasteiger partial charge >= 0.3 is 24.2 Å². The van der Waals surface area contributed by atoms with Crippen LogP contribution < -0.4 is 16.0 Å². The minimum Gasteiger partial charge on any atom is -0.480 e. The molecular formula is C24H42N4O9. The van der Waals surface area contributed by atoms with Gasteiger partial charge in [0.15, 0.2) is 0 Å². The smallest absolute Gasteiger partial charge is 0.408 e. The molecule has 0 saturated carbocycles. The minimum atomic E-state index is -1.34. The molecule has 13 nitrogen and oxygen atoms in total. The van der Waals surface area contributed by atoms with Crippen LogP contribution in [-0.2, 0) is 23.8 Å². The second kappa shape index (κ2) is 12.3. The van der Waals surface area contributed by atoms with Crippen LogP contribution in [0.25, 0.3) is 0 Å². The van der Waals surface area contributed by atoms with Gasteiger partial charge in [0, 0.05) is 19.5 Å². The minimum absolute atomic E-state index is 0.0514.